The molecule has 3 aliphatic carbocycles. The number of hydrogen-bond donors (Lipinski definition) is 1. The summed E-state index contributed by atoms with van der Waals surface area (Å²) in [5.74, 6) is -7.81. The third-order valence-corrected chi connectivity index (χ3v) is 15.5. The lowest BCUT2D eigenvalue weighted by molar-refractivity contribution is -0.344. The molecule has 71 heavy (non-hydrogen) atoms. The molecule has 0 radical (unpaired) electrons. The van der Waals surface area contributed by atoms with E-state index >= 15 is 4.79 Å². The van der Waals surface area contributed by atoms with E-state index in [9.17, 15) is 50.7 Å². The number of esters is 4. The van der Waals surface area contributed by atoms with E-state index in [1.165, 1.54) is 63.8 Å². The Kier molecular flexibility index (Phi) is 13.5. The fourth-order valence-corrected chi connectivity index (χ4v) is 11.9. The third-order valence-electron chi connectivity index (χ3n) is 14.5. The van der Waals surface area contributed by atoms with Gasteiger partial charge in [-0.1, -0.05) is 62.4 Å². The van der Waals surface area contributed by atoms with Crippen LogP contribution >= 0.6 is 0 Å². The highest BCUT2D eigenvalue weighted by molar-refractivity contribution is 7.87. The molecule has 0 spiro atoms. The molecular formula is C49H58F3NO17S. The van der Waals surface area contributed by atoms with Crippen LogP contribution in [0.15, 0.2) is 71.8 Å². The Hall–Kier alpha value is -5.42. The average Bonchev–Trinajstić information content (AvgIpc) is 3.54. The van der Waals surface area contributed by atoms with Crippen molar-refractivity contribution in [1.82, 2.24) is 4.90 Å². The van der Waals surface area contributed by atoms with Crippen molar-refractivity contribution in [2.45, 2.75) is 160 Å². The number of aliphatic hydroxyl groups is 1. The van der Waals surface area contributed by atoms with Gasteiger partial charge < -0.3 is 38.3 Å². The lowest BCUT2D eigenvalue weighted by Crippen LogP contribution is -2.82. The SMILES string of the molecule is CC(=O)OC1C(=O)C2(C)C(OS(=O)(=O)C(F)(F)F)CC3OCC3(OC(C)=O)C2C(OC(=O)c2ccccc2)C2(O)CC(OC(=O)C3OC(C)(C)N(C(=O)OC(C)(C)C)C3c3ccccc3)C(C)=C1C2(C)C. The number of rotatable bonds is 9. The molecule has 2 aromatic carbocycles. The van der Waals surface area contributed by atoms with Gasteiger partial charge in [-0.2, -0.15) is 21.6 Å². The number of benzene rings is 2. The standard InChI is InChI=1S/C49H58F3NO17S/c1-25-30(65-41(58)36-34(28-18-14-12-15-19-28)53(45(9,10)68-36)42(59)69-43(4,5)6)23-48(60)39(66-40(57)29-20-16-13-17-21-29)37-46(11,38(56)35(64-26(2)54)33(25)44(48,7)8)31(70-71(61,62)49(50,51)52)22-32-47(37,24-63-32)67-27(3)55/h12-21,30-32,34-37,39,60H,22-24H2,1-11H3. The normalized spacial score (nSPS) is 33.2. The fourth-order valence-electron chi connectivity index (χ4n) is 11.2. The Balaban J connectivity index is 1.47. The van der Waals surface area contributed by atoms with Crippen LogP contribution in [0.4, 0.5) is 18.0 Å². The van der Waals surface area contributed by atoms with Crippen molar-refractivity contribution in [2.24, 2.45) is 16.7 Å². The highest BCUT2D eigenvalue weighted by Gasteiger charge is 2.79. The van der Waals surface area contributed by atoms with Gasteiger partial charge >= 0.3 is 45.6 Å². The Morgan fingerprint density at radius 2 is 1.45 bits per heavy atom. The number of amides is 1. The summed E-state index contributed by atoms with van der Waals surface area (Å²) in [6.07, 6.45) is -14.1. The Morgan fingerprint density at radius 3 is 1.97 bits per heavy atom. The first kappa shape index (κ1) is 53.4. The Bertz CT molecular complexity index is 2630. The summed E-state index contributed by atoms with van der Waals surface area (Å²) >= 11 is 0. The minimum atomic E-state index is -6.57. The first-order chi connectivity index (χ1) is 32.6. The molecule has 1 N–H and O–H groups in total. The van der Waals surface area contributed by atoms with E-state index in [1.807, 2.05) is 0 Å². The van der Waals surface area contributed by atoms with Gasteiger partial charge in [-0.05, 0) is 77.3 Å². The maximum Gasteiger partial charge on any atom is 0.523 e. The van der Waals surface area contributed by atoms with Crippen LogP contribution in [0.2, 0.25) is 0 Å². The van der Waals surface area contributed by atoms with Gasteiger partial charge in [0.1, 0.15) is 41.3 Å². The highest BCUT2D eigenvalue weighted by atomic mass is 32.2. The van der Waals surface area contributed by atoms with Crippen LogP contribution < -0.4 is 0 Å². The molecule has 7 rings (SSSR count). The summed E-state index contributed by atoms with van der Waals surface area (Å²) in [6, 6.07) is 14.4. The van der Waals surface area contributed by atoms with E-state index in [1.54, 1.807) is 57.2 Å². The van der Waals surface area contributed by atoms with Crippen LogP contribution in [0.25, 0.3) is 0 Å². The molecule has 2 aliphatic heterocycles. The molecule has 2 aromatic rings. The van der Waals surface area contributed by atoms with E-state index in [2.05, 4.69) is 0 Å². The number of carbonyl (C=O) groups is 6. The number of ketones is 1. The number of halogens is 3. The summed E-state index contributed by atoms with van der Waals surface area (Å²) in [4.78, 5) is 87.1. The topological polar surface area (TPSA) is 234 Å². The summed E-state index contributed by atoms with van der Waals surface area (Å²) in [7, 11) is -6.57. The summed E-state index contributed by atoms with van der Waals surface area (Å²) < 4.78 is 116. The fraction of sp³-hybridized carbons (Fsp3) is 0.592. The number of nitrogens with zero attached hydrogens (tertiary/aromatic N) is 1. The molecule has 2 saturated carbocycles. The second kappa shape index (κ2) is 18.0. The molecule has 1 amide bonds. The number of fused-ring (bicyclic) bond motifs is 5. The number of ether oxygens (including phenoxy) is 7. The molecule has 388 valence electrons. The molecule has 2 saturated heterocycles. The first-order valence-corrected chi connectivity index (χ1v) is 24.2. The van der Waals surface area contributed by atoms with Crippen molar-refractivity contribution >= 4 is 45.9 Å². The molecule has 18 nitrogen and oxygen atoms in total. The molecule has 22 heteroatoms. The lowest BCUT2D eigenvalue weighted by Gasteiger charge is -2.67. The van der Waals surface area contributed by atoms with Crippen LogP contribution in [-0.4, -0.2) is 125 Å². The minimum Gasteiger partial charge on any atom is -0.456 e. The second-order valence-corrected chi connectivity index (χ2v) is 22.4. The number of carbonyl (C=O) groups excluding carboxylic acids is 6. The largest absolute Gasteiger partial charge is 0.523 e. The molecule has 11 atom stereocenters. The zero-order chi connectivity index (χ0) is 52.8. The van der Waals surface area contributed by atoms with Gasteiger partial charge in [0.15, 0.2) is 23.6 Å². The van der Waals surface area contributed by atoms with Crippen molar-refractivity contribution in [3.8, 4) is 0 Å². The van der Waals surface area contributed by atoms with Gasteiger partial charge in [0.2, 0.25) is 0 Å². The smallest absolute Gasteiger partial charge is 0.456 e. The monoisotopic (exact) mass is 1020 g/mol. The molecule has 0 aromatic heterocycles. The zero-order valence-electron chi connectivity index (χ0n) is 41.0. The van der Waals surface area contributed by atoms with Gasteiger partial charge in [-0.3, -0.25) is 23.5 Å². The number of Topliss-reactive ketones (excluding diaryl/α,β-unsaturated/α-hetero) is 1. The van der Waals surface area contributed by atoms with E-state index in [0.717, 1.165) is 20.8 Å². The maximum atomic E-state index is 15.9. The van der Waals surface area contributed by atoms with E-state index in [0.29, 0.717) is 5.56 Å². The predicted octanol–water partition coefficient (Wildman–Crippen LogP) is 6.19. The van der Waals surface area contributed by atoms with Crippen molar-refractivity contribution in [3.63, 3.8) is 0 Å². The summed E-state index contributed by atoms with van der Waals surface area (Å²) in [5, 5.41) is 13.9. The van der Waals surface area contributed by atoms with E-state index < -0.39 is 153 Å². The highest BCUT2D eigenvalue weighted by Crippen LogP contribution is 2.65. The van der Waals surface area contributed by atoms with Gasteiger partial charge in [0.05, 0.1) is 29.6 Å². The van der Waals surface area contributed by atoms with E-state index in [-0.39, 0.29) is 16.7 Å². The molecule has 5 aliphatic rings. The van der Waals surface area contributed by atoms with Crippen molar-refractivity contribution < 1.29 is 92.8 Å². The molecule has 2 bridgehead atoms. The summed E-state index contributed by atoms with van der Waals surface area (Å²) in [5.41, 5.74) is -18.1. The first-order valence-electron chi connectivity index (χ1n) is 22.8. The van der Waals surface area contributed by atoms with Gasteiger partial charge in [-0.25, -0.2) is 14.4 Å². The Labute approximate surface area is 408 Å². The molecule has 11 unspecified atom stereocenters. The third kappa shape index (κ3) is 9.01. The quantitative estimate of drug-likeness (QED) is 0.0969. The van der Waals surface area contributed by atoms with Gasteiger partial charge in [-0.15, -0.1) is 0 Å². The van der Waals surface area contributed by atoms with Crippen molar-refractivity contribution in [2.75, 3.05) is 6.61 Å². The number of hydrogen-bond acceptors (Lipinski definition) is 17. The van der Waals surface area contributed by atoms with Crippen LogP contribution in [0.1, 0.15) is 111 Å². The van der Waals surface area contributed by atoms with Gasteiger partial charge in [0.25, 0.3) is 0 Å². The summed E-state index contributed by atoms with van der Waals surface area (Å²) in [6.45, 7) is 14.5. The molecular weight excluding hydrogens is 964 g/mol. The molecule has 2 heterocycles. The minimum absolute atomic E-state index is 0.0175. The average molecular weight is 1020 g/mol. The second-order valence-electron chi connectivity index (χ2n) is 20.8. The van der Waals surface area contributed by atoms with Crippen LogP contribution in [0.5, 0.6) is 0 Å². The van der Waals surface area contributed by atoms with Crippen molar-refractivity contribution in [3.05, 3.63) is 82.9 Å². The van der Waals surface area contributed by atoms with Gasteiger partial charge in [0, 0.05) is 32.1 Å². The Morgan fingerprint density at radius 1 is 0.859 bits per heavy atom. The predicted molar refractivity (Wildman–Crippen MR) is 239 cm³/mol. The van der Waals surface area contributed by atoms with E-state index in [4.69, 9.17) is 37.3 Å². The maximum absolute atomic E-state index is 15.9. The molecule has 4 fully saturated rings. The number of alkyl halides is 3. The van der Waals surface area contributed by atoms with Crippen LogP contribution in [0.3, 0.4) is 0 Å². The van der Waals surface area contributed by atoms with Crippen LogP contribution in [-0.2, 0) is 66.6 Å². The lowest BCUT2D eigenvalue weighted by atomic mass is 9.44. The zero-order valence-corrected chi connectivity index (χ0v) is 41.8. The van der Waals surface area contributed by atoms with Crippen LogP contribution in [0, 0.1) is 16.7 Å². The van der Waals surface area contributed by atoms with Crippen molar-refractivity contribution in [1.29, 1.82) is 0 Å².